The number of β-lactam (4-membered cyclic amide) rings is 1. The number of carboxylic acids is 1. The summed E-state index contributed by atoms with van der Waals surface area (Å²) in [5, 5.41) is 22.9. The van der Waals surface area contributed by atoms with Gasteiger partial charge in [0.2, 0.25) is 5.91 Å². The van der Waals surface area contributed by atoms with Crippen LogP contribution >= 0.6 is 11.8 Å². The molecule has 0 aromatic heterocycles. The Bertz CT molecular complexity index is 1870. The predicted octanol–water partition coefficient (Wildman–Crippen LogP) is 5.29. The number of non-ortho nitro benzene ring substituents is 1. The Kier molecular flexibility index (Phi) is 9.72. The molecule has 2 N–H and O–H groups in total. The lowest BCUT2D eigenvalue weighted by molar-refractivity contribution is -0.384. The number of nitrogens with zero attached hydrogens (tertiary/aromatic N) is 2. The minimum atomic E-state index is -1.40. The highest BCUT2D eigenvalue weighted by molar-refractivity contribution is 8.01. The number of amides is 2. The Hall–Kier alpha value is -5.95. The molecule has 3 atom stereocenters. The first-order valence-corrected chi connectivity index (χ1v) is 16.1. The molecule has 4 aromatic rings. The Morgan fingerprint density at radius 3 is 2.00 bits per heavy atom. The molecule has 2 unspecified atom stereocenters. The van der Waals surface area contributed by atoms with E-state index in [1.807, 2.05) is 78.9 Å². The number of benzene rings is 4. The van der Waals surface area contributed by atoms with Crippen molar-refractivity contribution in [2.24, 2.45) is 0 Å². The number of carbonyl (C=O) groups is 4. The number of nitro benzene ring substituents is 1. The van der Waals surface area contributed by atoms with Gasteiger partial charge in [0, 0.05) is 28.9 Å². The number of carbonyl (C=O) groups excluding carboxylic acids is 3. The van der Waals surface area contributed by atoms with E-state index in [9.17, 15) is 34.4 Å². The van der Waals surface area contributed by atoms with Crippen molar-refractivity contribution in [1.29, 1.82) is 0 Å². The van der Waals surface area contributed by atoms with Crippen LogP contribution in [0.4, 0.5) is 10.5 Å². The van der Waals surface area contributed by atoms with Crippen molar-refractivity contribution in [2.75, 3.05) is 6.61 Å². The van der Waals surface area contributed by atoms with Gasteiger partial charge >= 0.3 is 12.1 Å². The summed E-state index contributed by atoms with van der Waals surface area (Å²) in [6, 6.07) is 31.7. The van der Waals surface area contributed by atoms with E-state index in [0.29, 0.717) is 0 Å². The summed E-state index contributed by atoms with van der Waals surface area (Å²) in [6.07, 6.45) is -1.13. The number of nitro groups is 1. The zero-order chi connectivity index (χ0) is 34.5. The number of fused-ring (bicyclic) bond motifs is 1. The highest BCUT2D eigenvalue weighted by Crippen LogP contribution is 2.50. The summed E-state index contributed by atoms with van der Waals surface area (Å²) in [6.45, 7) is -0.539. The summed E-state index contributed by atoms with van der Waals surface area (Å²) in [7, 11) is 0. The van der Waals surface area contributed by atoms with Crippen LogP contribution in [0.25, 0.3) is 0 Å². The van der Waals surface area contributed by atoms with Gasteiger partial charge in [-0.1, -0.05) is 91.0 Å². The molecule has 0 aliphatic carbocycles. The van der Waals surface area contributed by atoms with E-state index < -0.39 is 52.1 Å². The molecule has 0 radical (unpaired) electrons. The van der Waals surface area contributed by atoms with Crippen LogP contribution in [0.3, 0.4) is 0 Å². The second-order valence-electron chi connectivity index (χ2n) is 11.2. The van der Waals surface area contributed by atoms with Gasteiger partial charge in [-0.3, -0.25) is 24.6 Å². The Morgan fingerprint density at radius 1 is 0.878 bits per heavy atom. The number of carboxylic acid groups (broad SMARTS) is 1. The van der Waals surface area contributed by atoms with E-state index >= 15 is 0 Å². The third kappa shape index (κ3) is 7.16. The number of hydrogen-bond donors (Lipinski definition) is 2. The first-order chi connectivity index (χ1) is 23.7. The molecule has 2 heterocycles. The standard InChI is InChI=1S/C36H29N3O9S/c40-28(20-22-10-4-1-5-11-22)37-30-33(41)38-31(35(42)43)27(21-47-36(44)48-26-18-16-25(17-19-26)39(45)46)32(49-34(30)38)29(23-12-6-2-7-13-23)24-14-8-3-9-15-24/h1-19,29-30,32,34H,20-21H2,(H,37,40)(H,42,43)/t30?,32?,34-/m1/s1. The van der Waals surface area contributed by atoms with Crippen LogP contribution in [0.2, 0.25) is 0 Å². The van der Waals surface area contributed by atoms with Crippen LogP contribution < -0.4 is 10.1 Å². The molecule has 0 bridgehead atoms. The van der Waals surface area contributed by atoms with Crippen molar-refractivity contribution in [1.82, 2.24) is 10.2 Å². The largest absolute Gasteiger partial charge is 0.514 e. The van der Waals surface area contributed by atoms with Gasteiger partial charge in [0.05, 0.1) is 11.3 Å². The molecule has 2 aliphatic rings. The third-order valence-corrected chi connectivity index (χ3v) is 9.77. The number of rotatable bonds is 11. The van der Waals surface area contributed by atoms with E-state index in [2.05, 4.69) is 5.32 Å². The number of thioether (sulfide) groups is 1. The van der Waals surface area contributed by atoms with Gasteiger partial charge < -0.3 is 19.9 Å². The van der Waals surface area contributed by atoms with E-state index in [4.69, 9.17) is 9.47 Å². The Balaban J connectivity index is 1.34. The molecule has 2 aliphatic heterocycles. The molecule has 49 heavy (non-hydrogen) atoms. The molecule has 0 spiro atoms. The molecule has 248 valence electrons. The molecule has 4 aromatic carbocycles. The quantitative estimate of drug-likeness (QED) is 0.0699. The summed E-state index contributed by atoms with van der Waals surface area (Å²) < 4.78 is 10.7. The Morgan fingerprint density at radius 2 is 1.45 bits per heavy atom. The molecule has 13 heteroatoms. The lowest BCUT2D eigenvalue weighted by atomic mass is 9.84. The average molecular weight is 680 g/mol. The summed E-state index contributed by atoms with van der Waals surface area (Å²) in [5.74, 6) is -2.86. The van der Waals surface area contributed by atoms with Gasteiger partial charge in [-0.15, -0.1) is 11.8 Å². The smallest absolute Gasteiger partial charge is 0.477 e. The topological polar surface area (TPSA) is 165 Å². The van der Waals surface area contributed by atoms with Crippen molar-refractivity contribution >= 4 is 41.4 Å². The predicted molar refractivity (Wildman–Crippen MR) is 179 cm³/mol. The first-order valence-electron chi connectivity index (χ1n) is 15.2. The van der Waals surface area contributed by atoms with Crippen LogP contribution in [0.5, 0.6) is 5.75 Å². The fourth-order valence-corrected chi connectivity index (χ4v) is 7.72. The summed E-state index contributed by atoms with van der Waals surface area (Å²) in [4.78, 5) is 63.9. The van der Waals surface area contributed by atoms with Gasteiger partial charge in [0.25, 0.3) is 11.6 Å². The van der Waals surface area contributed by atoms with Gasteiger partial charge in [-0.25, -0.2) is 9.59 Å². The van der Waals surface area contributed by atoms with Gasteiger partial charge in [-0.05, 0) is 28.8 Å². The SMILES string of the molecule is O=C(Cc1ccccc1)NC1C(=O)N2C(C(=O)O)=C(COC(=O)Oc3ccc([N+](=O)[O-])cc3)C(C(c3ccccc3)c3ccccc3)S[C@H]12. The molecule has 0 saturated carbocycles. The number of aliphatic carboxylic acids is 1. The normalized spacial score (nSPS) is 18.3. The van der Waals surface area contributed by atoms with Gasteiger partial charge in [0.1, 0.15) is 29.5 Å². The maximum atomic E-state index is 13.5. The lowest BCUT2D eigenvalue weighted by Gasteiger charge is -2.52. The third-order valence-electron chi connectivity index (χ3n) is 8.16. The van der Waals surface area contributed by atoms with Gasteiger partial charge in [0.15, 0.2) is 0 Å². The van der Waals surface area contributed by atoms with Gasteiger partial charge in [-0.2, -0.15) is 0 Å². The molecular formula is C36H29N3O9S. The first kappa shape index (κ1) is 33.0. The zero-order valence-electron chi connectivity index (χ0n) is 25.7. The van der Waals surface area contributed by atoms with Crippen molar-refractivity contribution in [3.05, 3.63) is 153 Å². The van der Waals surface area contributed by atoms with Crippen LogP contribution in [-0.4, -0.2) is 62.1 Å². The van der Waals surface area contributed by atoms with E-state index in [1.54, 1.807) is 12.1 Å². The van der Waals surface area contributed by atoms with Crippen LogP contribution in [0.15, 0.2) is 127 Å². The monoisotopic (exact) mass is 679 g/mol. The minimum Gasteiger partial charge on any atom is -0.477 e. The lowest BCUT2D eigenvalue weighted by Crippen LogP contribution is -2.71. The highest BCUT2D eigenvalue weighted by atomic mass is 32.2. The number of hydrogen-bond acceptors (Lipinski definition) is 9. The fraction of sp³-hybridized carbons (Fsp3) is 0.167. The van der Waals surface area contributed by atoms with Crippen molar-refractivity contribution < 1.29 is 38.7 Å². The molecule has 2 amide bonds. The maximum Gasteiger partial charge on any atom is 0.514 e. The summed E-state index contributed by atoms with van der Waals surface area (Å²) >= 11 is 1.30. The minimum absolute atomic E-state index is 0.0175. The highest BCUT2D eigenvalue weighted by Gasteiger charge is 2.57. The second kappa shape index (κ2) is 14.4. The number of nitrogens with one attached hydrogen (secondary N) is 1. The van der Waals surface area contributed by atoms with E-state index in [0.717, 1.165) is 33.7 Å². The van der Waals surface area contributed by atoms with Crippen LogP contribution in [0.1, 0.15) is 22.6 Å². The molecule has 1 fully saturated rings. The maximum absolute atomic E-state index is 13.5. The van der Waals surface area contributed by atoms with Crippen LogP contribution in [0, 0.1) is 10.1 Å². The van der Waals surface area contributed by atoms with Crippen LogP contribution in [-0.2, 0) is 25.5 Å². The van der Waals surface area contributed by atoms with E-state index in [1.165, 1.54) is 23.9 Å². The second-order valence-corrected chi connectivity index (χ2v) is 12.5. The van der Waals surface area contributed by atoms with Crippen molar-refractivity contribution in [2.45, 2.75) is 29.0 Å². The average Bonchev–Trinajstić information content (AvgIpc) is 3.11. The van der Waals surface area contributed by atoms with Crippen molar-refractivity contribution in [3.63, 3.8) is 0 Å². The summed E-state index contributed by atoms with van der Waals surface area (Å²) in [5.41, 5.74) is 2.09. The molecule has 1 saturated heterocycles. The van der Waals surface area contributed by atoms with Crippen molar-refractivity contribution in [3.8, 4) is 5.75 Å². The molecular weight excluding hydrogens is 650 g/mol. The molecule has 6 rings (SSSR count). The van der Waals surface area contributed by atoms with E-state index in [-0.39, 0.29) is 35.0 Å². The molecule has 12 nitrogen and oxygen atoms in total. The number of ether oxygens (including phenoxy) is 2. The fourth-order valence-electron chi connectivity index (χ4n) is 5.93. The Labute approximate surface area is 284 Å². The zero-order valence-corrected chi connectivity index (χ0v) is 26.5.